The second-order valence-corrected chi connectivity index (χ2v) is 12.0. The number of piperazine rings is 1. The van der Waals surface area contributed by atoms with Crippen LogP contribution in [0.3, 0.4) is 0 Å². The van der Waals surface area contributed by atoms with E-state index in [1.54, 1.807) is 4.90 Å². The maximum Gasteiger partial charge on any atom is 0.271 e. The van der Waals surface area contributed by atoms with Gasteiger partial charge in [-0.05, 0) is 55.3 Å². The Morgan fingerprint density at radius 2 is 1.70 bits per heavy atom. The minimum Gasteiger partial charge on any atom is -0.368 e. The molecule has 3 heterocycles. The summed E-state index contributed by atoms with van der Waals surface area (Å²) in [4.78, 5) is 55.5. The summed E-state index contributed by atoms with van der Waals surface area (Å²) in [6.07, 6.45) is 0.539. The number of aliphatic imine (C=N–C) groups is 2. The van der Waals surface area contributed by atoms with Crippen LogP contribution in [0.4, 0.5) is 17.1 Å². The molecule has 0 spiro atoms. The average molecular weight is 595 g/mol. The van der Waals surface area contributed by atoms with Gasteiger partial charge in [0.2, 0.25) is 11.8 Å². The number of thioether (sulfide) groups is 1. The number of aryl methyl sites for hydroxylation is 1. The van der Waals surface area contributed by atoms with Gasteiger partial charge in [-0.1, -0.05) is 61.2 Å². The Kier molecular flexibility index (Phi) is 8.29. The van der Waals surface area contributed by atoms with E-state index in [0.29, 0.717) is 36.2 Å². The van der Waals surface area contributed by atoms with Gasteiger partial charge >= 0.3 is 0 Å². The number of rotatable bonds is 7. The quantitative estimate of drug-likeness (QED) is 0.421. The van der Waals surface area contributed by atoms with Crippen molar-refractivity contribution in [3.05, 3.63) is 90.0 Å². The summed E-state index contributed by atoms with van der Waals surface area (Å²) in [7, 11) is 0. The highest BCUT2D eigenvalue weighted by atomic mass is 32.2. The molecule has 3 aliphatic rings. The van der Waals surface area contributed by atoms with Crippen LogP contribution in [-0.2, 0) is 14.4 Å². The van der Waals surface area contributed by atoms with E-state index >= 15 is 0 Å². The first-order valence-electron chi connectivity index (χ1n) is 14.6. The molecule has 1 N–H and O–H groups in total. The molecule has 6 rings (SSSR count). The molecule has 1 fully saturated rings. The molecular formula is C33H34N6O3S. The number of carbonyl (C=O) groups is 3. The van der Waals surface area contributed by atoms with Crippen LogP contribution in [0.1, 0.15) is 30.9 Å². The van der Waals surface area contributed by atoms with Crippen molar-refractivity contribution < 1.29 is 14.4 Å². The van der Waals surface area contributed by atoms with Gasteiger partial charge in [-0.2, -0.15) is 4.99 Å². The summed E-state index contributed by atoms with van der Waals surface area (Å²) >= 11 is 1.30. The van der Waals surface area contributed by atoms with Crippen LogP contribution in [0.2, 0.25) is 0 Å². The number of amidine groups is 2. The molecule has 43 heavy (non-hydrogen) atoms. The van der Waals surface area contributed by atoms with Gasteiger partial charge in [0.1, 0.15) is 11.9 Å². The zero-order chi connectivity index (χ0) is 29.9. The van der Waals surface area contributed by atoms with Gasteiger partial charge in [0.15, 0.2) is 5.17 Å². The van der Waals surface area contributed by atoms with Crippen molar-refractivity contribution in [1.29, 1.82) is 0 Å². The maximum absolute atomic E-state index is 13.6. The Morgan fingerprint density at radius 1 is 0.953 bits per heavy atom. The first-order valence-corrected chi connectivity index (χ1v) is 15.5. The molecule has 220 valence electrons. The Labute approximate surface area is 255 Å². The molecule has 3 aliphatic heterocycles. The summed E-state index contributed by atoms with van der Waals surface area (Å²) in [5.74, 6) is -0.116. The van der Waals surface area contributed by atoms with Gasteiger partial charge in [-0.15, -0.1) is 0 Å². The molecule has 1 saturated heterocycles. The minimum atomic E-state index is -0.813. The number of hydrogen-bond donors (Lipinski definition) is 1. The fraction of sp³-hybridized carbons (Fsp3) is 0.303. The summed E-state index contributed by atoms with van der Waals surface area (Å²) in [6.45, 7) is 6.54. The second-order valence-electron chi connectivity index (χ2n) is 10.9. The Bertz CT molecular complexity index is 1600. The highest BCUT2D eigenvalue weighted by Gasteiger charge is 2.44. The third-order valence-corrected chi connectivity index (χ3v) is 9.26. The van der Waals surface area contributed by atoms with Crippen LogP contribution in [0, 0.1) is 6.92 Å². The van der Waals surface area contributed by atoms with Crippen LogP contribution in [0.15, 0.2) is 88.8 Å². The lowest BCUT2D eigenvalue weighted by Crippen LogP contribution is -2.51. The zero-order valence-corrected chi connectivity index (χ0v) is 25.1. The van der Waals surface area contributed by atoms with Gasteiger partial charge in [0.25, 0.3) is 5.91 Å². The number of benzene rings is 3. The van der Waals surface area contributed by atoms with E-state index < -0.39 is 11.3 Å². The van der Waals surface area contributed by atoms with Crippen molar-refractivity contribution in [2.75, 3.05) is 36.4 Å². The molecule has 2 unspecified atom stereocenters. The summed E-state index contributed by atoms with van der Waals surface area (Å²) < 4.78 is 0. The van der Waals surface area contributed by atoms with E-state index in [9.17, 15) is 14.4 Å². The van der Waals surface area contributed by atoms with E-state index in [2.05, 4.69) is 27.3 Å². The molecule has 3 amide bonds. The highest BCUT2D eigenvalue weighted by molar-refractivity contribution is 8.15. The van der Waals surface area contributed by atoms with Crippen molar-refractivity contribution in [1.82, 2.24) is 9.80 Å². The number of carbonyl (C=O) groups excluding carboxylic acids is 3. The average Bonchev–Trinajstić information content (AvgIpc) is 3.36. The topological polar surface area (TPSA) is 97.7 Å². The number of fused-ring (bicyclic) bond motifs is 3. The molecule has 2 atom stereocenters. The lowest BCUT2D eigenvalue weighted by molar-refractivity contribution is -0.134. The van der Waals surface area contributed by atoms with Crippen LogP contribution >= 0.6 is 11.8 Å². The van der Waals surface area contributed by atoms with Crippen LogP contribution in [0.5, 0.6) is 0 Å². The van der Waals surface area contributed by atoms with Gasteiger partial charge in [0.05, 0.1) is 17.4 Å². The van der Waals surface area contributed by atoms with Crippen molar-refractivity contribution in [2.24, 2.45) is 9.98 Å². The molecule has 3 aromatic rings. The van der Waals surface area contributed by atoms with Crippen molar-refractivity contribution in [3.8, 4) is 0 Å². The van der Waals surface area contributed by atoms with Crippen LogP contribution in [0.25, 0.3) is 0 Å². The standard InChI is InChI=1S/C33H34N6O3S/c1-3-28(32(42)34-23-11-9-10-22(2)20-23)43-33-35-26-15-8-7-14-25(26)30-36-31(41)27(39(30)33)21-29(40)38-18-16-37(17-19-38)24-12-5-4-6-13-24/h4-15,20,27-28H,3,16-19,21H2,1-2H3,(H,34,42). The smallest absolute Gasteiger partial charge is 0.271 e. The first-order chi connectivity index (χ1) is 20.9. The molecule has 0 radical (unpaired) electrons. The van der Waals surface area contributed by atoms with E-state index in [1.807, 2.05) is 85.5 Å². The first kappa shape index (κ1) is 28.7. The summed E-state index contributed by atoms with van der Waals surface area (Å²) in [6, 6.07) is 24.5. The molecule has 10 heteroatoms. The number of nitrogens with zero attached hydrogens (tertiary/aromatic N) is 5. The van der Waals surface area contributed by atoms with Gasteiger partial charge in [0, 0.05) is 43.1 Å². The lowest BCUT2D eigenvalue weighted by Gasteiger charge is -2.37. The number of nitrogens with one attached hydrogen (secondary N) is 1. The van der Waals surface area contributed by atoms with Gasteiger partial charge in [-0.3, -0.25) is 19.3 Å². The Hall–Kier alpha value is -4.44. The van der Waals surface area contributed by atoms with Gasteiger partial charge < -0.3 is 15.1 Å². The third-order valence-electron chi connectivity index (χ3n) is 7.93. The van der Waals surface area contributed by atoms with Crippen molar-refractivity contribution in [3.63, 3.8) is 0 Å². The van der Waals surface area contributed by atoms with E-state index in [1.165, 1.54) is 11.8 Å². The largest absolute Gasteiger partial charge is 0.368 e. The van der Waals surface area contributed by atoms with Crippen LogP contribution < -0.4 is 10.2 Å². The fourth-order valence-corrected chi connectivity index (χ4v) is 6.69. The summed E-state index contributed by atoms with van der Waals surface area (Å²) in [5, 5.41) is 3.05. The second kappa shape index (κ2) is 12.4. The Balaban J connectivity index is 1.20. The Morgan fingerprint density at radius 3 is 2.44 bits per heavy atom. The van der Waals surface area contributed by atoms with Crippen molar-refractivity contribution >= 4 is 57.5 Å². The molecular weight excluding hydrogens is 560 g/mol. The lowest BCUT2D eigenvalue weighted by atomic mass is 10.1. The fourth-order valence-electron chi connectivity index (χ4n) is 5.63. The normalized spacial score (nSPS) is 18.4. The molecule has 0 aromatic heterocycles. The number of para-hydroxylation sites is 2. The monoisotopic (exact) mass is 594 g/mol. The van der Waals surface area contributed by atoms with Gasteiger partial charge in [-0.25, -0.2) is 4.99 Å². The molecule has 9 nitrogen and oxygen atoms in total. The van der Waals surface area contributed by atoms with E-state index in [0.717, 1.165) is 35.6 Å². The summed E-state index contributed by atoms with van der Waals surface area (Å²) in [5.41, 5.74) is 4.35. The van der Waals surface area contributed by atoms with Crippen molar-refractivity contribution in [2.45, 2.75) is 38.0 Å². The predicted molar refractivity (Wildman–Crippen MR) is 172 cm³/mol. The van der Waals surface area contributed by atoms with E-state index in [-0.39, 0.29) is 24.1 Å². The molecule has 3 aromatic carbocycles. The molecule has 0 aliphatic carbocycles. The molecule has 0 saturated carbocycles. The number of hydrogen-bond acceptors (Lipinski definition) is 7. The SMILES string of the molecule is CCC(SC1=Nc2ccccc2C2=NC(=O)C(CC(=O)N3CCN(c4ccccc4)CC3)N12)C(=O)Nc1cccc(C)c1. The highest BCUT2D eigenvalue weighted by Crippen LogP contribution is 2.37. The number of anilines is 2. The number of amides is 3. The van der Waals surface area contributed by atoms with E-state index in [4.69, 9.17) is 4.99 Å². The maximum atomic E-state index is 13.6. The minimum absolute atomic E-state index is 0.00873. The predicted octanol–water partition coefficient (Wildman–Crippen LogP) is 4.84. The molecule has 0 bridgehead atoms. The zero-order valence-electron chi connectivity index (χ0n) is 24.3. The third kappa shape index (κ3) is 6.06. The van der Waals surface area contributed by atoms with Crippen LogP contribution in [-0.4, -0.2) is 76.0 Å².